The van der Waals surface area contributed by atoms with E-state index in [0.717, 1.165) is 11.6 Å². The minimum absolute atomic E-state index is 0.637. The van der Waals surface area contributed by atoms with Gasteiger partial charge in [-0.05, 0) is 43.4 Å². The normalized spacial score (nSPS) is 23.2. The second-order valence-electron chi connectivity index (χ2n) is 5.28. The van der Waals surface area contributed by atoms with E-state index in [-0.39, 0.29) is 0 Å². The second kappa shape index (κ2) is 4.84. The molecular formula is C15H19N3. The van der Waals surface area contributed by atoms with Gasteiger partial charge >= 0.3 is 0 Å². The molecule has 0 spiro atoms. The highest BCUT2D eigenvalue weighted by Crippen LogP contribution is 2.27. The van der Waals surface area contributed by atoms with Crippen LogP contribution in [0.15, 0.2) is 43.0 Å². The number of rotatable bonds is 3. The zero-order chi connectivity index (χ0) is 12.4. The Hall–Kier alpha value is -1.77. The topological polar surface area (TPSA) is 29.9 Å². The van der Waals surface area contributed by atoms with E-state index in [2.05, 4.69) is 41.5 Å². The molecule has 2 unspecified atom stereocenters. The van der Waals surface area contributed by atoms with Crippen molar-refractivity contribution >= 4 is 5.69 Å². The van der Waals surface area contributed by atoms with Crippen molar-refractivity contribution in [2.75, 3.05) is 5.32 Å². The van der Waals surface area contributed by atoms with E-state index in [1.54, 1.807) is 6.20 Å². The van der Waals surface area contributed by atoms with Crippen molar-refractivity contribution in [3.63, 3.8) is 0 Å². The van der Waals surface area contributed by atoms with Crippen molar-refractivity contribution < 1.29 is 0 Å². The van der Waals surface area contributed by atoms with Gasteiger partial charge in [0.2, 0.25) is 0 Å². The molecule has 0 saturated heterocycles. The van der Waals surface area contributed by atoms with E-state index in [0.29, 0.717) is 6.04 Å². The maximum absolute atomic E-state index is 4.08. The van der Waals surface area contributed by atoms with Gasteiger partial charge in [-0.2, -0.15) is 0 Å². The summed E-state index contributed by atoms with van der Waals surface area (Å²) in [7, 11) is 0. The standard InChI is InChI=1S/C15H19N3/c1-12-5-6-14(9-12)17-13-3-2-4-15(10-13)18-8-7-16-11-18/h2-4,7-8,10-12,14,17H,5-6,9H2,1H3. The van der Waals surface area contributed by atoms with Gasteiger partial charge in [0.25, 0.3) is 0 Å². The first-order valence-electron chi connectivity index (χ1n) is 6.66. The second-order valence-corrected chi connectivity index (χ2v) is 5.28. The van der Waals surface area contributed by atoms with Crippen LogP contribution in [0.3, 0.4) is 0 Å². The minimum Gasteiger partial charge on any atom is -0.382 e. The molecule has 0 bridgehead atoms. The Morgan fingerprint density at radius 1 is 1.33 bits per heavy atom. The molecule has 3 heteroatoms. The number of anilines is 1. The number of hydrogen-bond donors (Lipinski definition) is 1. The highest BCUT2D eigenvalue weighted by atomic mass is 15.0. The molecule has 1 saturated carbocycles. The van der Waals surface area contributed by atoms with Crippen LogP contribution in [0, 0.1) is 5.92 Å². The Labute approximate surface area is 108 Å². The first-order valence-corrected chi connectivity index (χ1v) is 6.66. The summed E-state index contributed by atoms with van der Waals surface area (Å²) in [6.45, 7) is 2.34. The fraction of sp³-hybridized carbons (Fsp3) is 0.400. The fourth-order valence-corrected chi connectivity index (χ4v) is 2.74. The molecule has 2 atom stereocenters. The molecule has 1 aromatic carbocycles. The van der Waals surface area contributed by atoms with Gasteiger partial charge in [-0.25, -0.2) is 4.98 Å². The lowest BCUT2D eigenvalue weighted by atomic mass is 10.1. The van der Waals surface area contributed by atoms with Crippen molar-refractivity contribution in [2.24, 2.45) is 5.92 Å². The maximum atomic E-state index is 4.08. The number of aromatic nitrogens is 2. The molecule has 0 aliphatic heterocycles. The van der Waals surface area contributed by atoms with Crippen LogP contribution in [0.2, 0.25) is 0 Å². The van der Waals surface area contributed by atoms with Crippen molar-refractivity contribution in [1.82, 2.24) is 9.55 Å². The number of benzene rings is 1. The smallest absolute Gasteiger partial charge is 0.0991 e. The molecule has 3 rings (SSSR count). The summed E-state index contributed by atoms with van der Waals surface area (Å²) in [6, 6.07) is 9.16. The van der Waals surface area contributed by atoms with Gasteiger partial charge in [0, 0.05) is 29.8 Å². The summed E-state index contributed by atoms with van der Waals surface area (Å²) in [5, 5.41) is 3.64. The maximum Gasteiger partial charge on any atom is 0.0991 e. The minimum atomic E-state index is 0.637. The van der Waals surface area contributed by atoms with E-state index in [1.807, 2.05) is 17.1 Å². The summed E-state index contributed by atoms with van der Waals surface area (Å²) >= 11 is 0. The molecule has 2 aromatic rings. The molecular weight excluding hydrogens is 222 g/mol. The van der Waals surface area contributed by atoms with Gasteiger partial charge in [-0.15, -0.1) is 0 Å². The predicted molar refractivity (Wildman–Crippen MR) is 74.0 cm³/mol. The van der Waals surface area contributed by atoms with E-state index >= 15 is 0 Å². The quantitative estimate of drug-likeness (QED) is 0.891. The van der Waals surface area contributed by atoms with Crippen LogP contribution in [0.4, 0.5) is 5.69 Å². The Morgan fingerprint density at radius 2 is 2.28 bits per heavy atom. The van der Waals surface area contributed by atoms with E-state index < -0.39 is 0 Å². The molecule has 1 aromatic heterocycles. The van der Waals surface area contributed by atoms with Gasteiger partial charge in [0.05, 0.1) is 6.33 Å². The monoisotopic (exact) mass is 241 g/mol. The van der Waals surface area contributed by atoms with Crippen molar-refractivity contribution in [1.29, 1.82) is 0 Å². The first-order chi connectivity index (χ1) is 8.81. The summed E-state index contributed by atoms with van der Waals surface area (Å²) in [6.07, 6.45) is 9.52. The summed E-state index contributed by atoms with van der Waals surface area (Å²) in [4.78, 5) is 4.08. The molecule has 1 N–H and O–H groups in total. The zero-order valence-corrected chi connectivity index (χ0v) is 10.7. The molecule has 0 radical (unpaired) electrons. The number of nitrogens with zero attached hydrogens (tertiary/aromatic N) is 2. The summed E-state index contributed by atoms with van der Waals surface area (Å²) < 4.78 is 2.03. The summed E-state index contributed by atoms with van der Waals surface area (Å²) in [5.74, 6) is 0.860. The Balaban J connectivity index is 1.75. The molecule has 1 aliphatic carbocycles. The highest BCUT2D eigenvalue weighted by Gasteiger charge is 2.20. The van der Waals surface area contributed by atoms with Crippen LogP contribution in [-0.2, 0) is 0 Å². The lowest BCUT2D eigenvalue weighted by molar-refractivity contribution is 0.602. The van der Waals surface area contributed by atoms with Crippen molar-refractivity contribution in [3.05, 3.63) is 43.0 Å². The van der Waals surface area contributed by atoms with Crippen LogP contribution in [0.1, 0.15) is 26.2 Å². The van der Waals surface area contributed by atoms with Gasteiger partial charge in [-0.3, -0.25) is 0 Å². The molecule has 0 amide bonds. The van der Waals surface area contributed by atoms with Gasteiger partial charge in [-0.1, -0.05) is 13.0 Å². The van der Waals surface area contributed by atoms with E-state index in [9.17, 15) is 0 Å². The average Bonchev–Trinajstić information content (AvgIpc) is 3.01. The largest absolute Gasteiger partial charge is 0.382 e. The number of nitrogens with one attached hydrogen (secondary N) is 1. The Morgan fingerprint density at radius 3 is 3.00 bits per heavy atom. The first kappa shape index (κ1) is 11.3. The van der Waals surface area contributed by atoms with Crippen LogP contribution in [0.5, 0.6) is 0 Å². The SMILES string of the molecule is CC1CCC(Nc2cccc(-n3ccnc3)c2)C1. The highest BCUT2D eigenvalue weighted by molar-refractivity contribution is 5.51. The third kappa shape index (κ3) is 2.40. The van der Waals surface area contributed by atoms with Gasteiger partial charge < -0.3 is 9.88 Å². The molecule has 94 valence electrons. The van der Waals surface area contributed by atoms with Crippen LogP contribution < -0.4 is 5.32 Å². The van der Waals surface area contributed by atoms with Crippen LogP contribution in [-0.4, -0.2) is 15.6 Å². The Bertz CT molecular complexity index is 504. The van der Waals surface area contributed by atoms with E-state index in [4.69, 9.17) is 0 Å². The predicted octanol–water partition coefficient (Wildman–Crippen LogP) is 3.47. The third-order valence-electron chi connectivity index (χ3n) is 3.71. The van der Waals surface area contributed by atoms with Gasteiger partial charge in [0.1, 0.15) is 0 Å². The third-order valence-corrected chi connectivity index (χ3v) is 3.71. The van der Waals surface area contributed by atoms with E-state index in [1.165, 1.54) is 24.9 Å². The van der Waals surface area contributed by atoms with Crippen LogP contribution >= 0.6 is 0 Å². The lowest BCUT2D eigenvalue weighted by Crippen LogP contribution is -2.15. The number of hydrogen-bond acceptors (Lipinski definition) is 2. The molecule has 18 heavy (non-hydrogen) atoms. The van der Waals surface area contributed by atoms with Gasteiger partial charge in [0.15, 0.2) is 0 Å². The fourth-order valence-electron chi connectivity index (χ4n) is 2.74. The summed E-state index contributed by atoms with van der Waals surface area (Å²) in [5.41, 5.74) is 2.36. The number of imidazole rings is 1. The Kier molecular flexibility index (Phi) is 3.05. The zero-order valence-electron chi connectivity index (χ0n) is 10.7. The van der Waals surface area contributed by atoms with Crippen molar-refractivity contribution in [2.45, 2.75) is 32.2 Å². The van der Waals surface area contributed by atoms with Crippen LogP contribution in [0.25, 0.3) is 5.69 Å². The molecule has 1 heterocycles. The molecule has 3 nitrogen and oxygen atoms in total. The average molecular weight is 241 g/mol. The van der Waals surface area contributed by atoms with Crippen molar-refractivity contribution in [3.8, 4) is 5.69 Å². The lowest BCUT2D eigenvalue weighted by Gasteiger charge is -2.15. The molecule has 1 fully saturated rings. The molecule has 1 aliphatic rings.